The molecule has 0 fully saturated rings. The first-order chi connectivity index (χ1) is 4.15. The summed E-state index contributed by atoms with van der Waals surface area (Å²) in [4.78, 5) is 9.00. The van der Waals surface area contributed by atoms with E-state index in [1.54, 1.807) is 6.08 Å². The molecule has 0 atom stereocenters. The fourth-order valence-electron chi connectivity index (χ4n) is 0.105. The maximum Gasteiger partial charge on any atom is 0.300 e. The monoisotopic (exact) mass is 132 g/mol. The van der Waals surface area contributed by atoms with Gasteiger partial charge in [0.05, 0.1) is 6.26 Å². The molecule has 0 bridgehead atoms. The summed E-state index contributed by atoms with van der Waals surface area (Å²) in [6, 6.07) is 0. The van der Waals surface area contributed by atoms with Gasteiger partial charge in [0.2, 0.25) is 0 Å². The second-order valence-electron chi connectivity index (χ2n) is 1.31. The molecule has 0 saturated carbocycles. The molecule has 54 valence electrons. The molecule has 0 heterocycles. The summed E-state index contributed by atoms with van der Waals surface area (Å²) < 4.78 is 0. The number of hydrogen-bond donors (Lipinski definition) is 2. The molecule has 0 aliphatic heterocycles. The Bertz CT molecular complexity index is 82.3. The number of aliphatic carboxylic acids is 1. The van der Waals surface area contributed by atoms with Gasteiger partial charge in [-0.2, -0.15) is 0 Å². The van der Waals surface area contributed by atoms with Crippen LogP contribution in [0.1, 0.15) is 20.3 Å². The molecule has 0 unspecified atom stereocenters. The molecule has 0 aliphatic carbocycles. The van der Waals surface area contributed by atoms with E-state index in [2.05, 4.69) is 0 Å². The lowest BCUT2D eigenvalue weighted by Crippen LogP contribution is -1.78. The molecule has 3 nitrogen and oxygen atoms in total. The second kappa shape index (κ2) is 10.1. The number of carboxylic acids is 1. The highest BCUT2D eigenvalue weighted by molar-refractivity contribution is 5.62. The van der Waals surface area contributed by atoms with Gasteiger partial charge in [-0.3, -0.25) is 4.79 Å². The number of carboxylic acid groups (broad SMARTS) is 1. The second-order valence-corrected chi connectivity index (χ2v) is 1.31. The molecule has 0 aliphatic rings. The Hall–Kier alpha value is -0.990. The summed E-state index contributed by atoms with van der Waals surface area (Å²) in [6.45, 7) is 3.05. The molecule has 0 spiro atoms. The van der Waals surface area contributed by atoms with Crippen molar-refractivity contribution in [2.75, 3.05) is 0 Å². The quantitative estimate of drug-likeness (QED) is 0.532. The predicted molar refractivity (Wildman–Crippen MR) is 35.4 cm³/mol. The summed E-state index contributed by atoms with van der Waals surface area (Å²) in [7, 11) is 0. The van der Waals surface area contributed by atoms with Gasteiger partial charge in [0, 0.05) is 6.92 Å². The van der Waals surface area contributed by atoms with Crippen molar-refractivity contribution in [1.82, 2.24) is 0 Å². The maximum atomic E-state index is 9.00. The molecule has 0 aromatic rings. The van der Waals surface area contributed by atoms with Crippen molar-refractivity contribution < 1.29 is 15.0 Å². The van der Waals surface area contributed by atoms with Gasteiger partial charge in [-0.05, 0) is 6.42 Å². The first-order valence-corrected chi connectivity index (χ1v) is 2.63. The molecular formula is C6H12O3. The van der Waals surface area contributed by atoms with Crippen molar-refractivity contribution in [3.63, 3.8) is 0 Å². The fraction of sp³-hybridized carbons (Fsp3) is 0.500. The fourth-order valence-corrected chi connectivity index (χ4v) is 0.105. The molecule has 0 radical (unpaired) electrons. The lowest BCUT2D eigenvalue weighted by Gasteiger charge is -1.65. The molecule has 2 N–H and O–H groups in total. The molecule has 0 aromatic carbocycles. The Balaban J connectivity index is 0. The molecular weight excluding hydrogens is 120 g/mol. The van der Waals surface area contributed by atoms with E-state index in [0.717, 1.165) is 19.6 Å². The van der Waals surface area contributed by atoms with Crippen LogP contribution in [0, 0.1) is 0 Å². The Morgan fingerprint density at radius 3 is 2.00 bits per heavy atom. The Labute approximate surface area is 54.6 Å². The highest BCUT2D eigenvalue weighted by Crippen LogP contribution is 1.71. The summed E-state index contributed by atoms with van der Waals surface area (Å²) >= 11 is 0. The average molecular weight is 132 g/mol. The number of rotatable bonds is 1. The van der Waals surface area contributed by atoms with E-state index >= 15 is 0 Å². The molecule has 0 amide bonds. The molecule has 9 heavy (non-hydrogen) atoms. The van der Waals surface area contributed by atoms with Crippen LogP contribution < -0.4 is 0 Å². The van der Waals surface area contributed by atoms with Crippen molar-refractivity contribution in [2.24, 2.45) is 0 Å². The number of aliphatic hydroxyl groups is 1. The van der Waals surface area contributed by atoms with E-state index in [-0.39, 0.29) is 0 Å². The van der Waals surface area contributed by atoms with Crippen molar-refractivity contribution in [1.29, 1.82) is 0 Å². The third-order valence-electron chi connectivity index (χ3n) is 0.341. The van der Waals surface area contributed by atoms with Crippen LogP contribution in [0.5, 0.6) is 0 Å². The van der Waals surface area contributed by atoms with Gasteiger partial charge in [0.15, 0.2) is 0 Å². The summed E-state index contributed by atoms with van der Waals surface area (Å²) in [5.41, 5.74) is 0. The first-order valence-electron chi connectivity index (χ1n) is 2.63. The minimum atomic E-state index is -0.833. The number of hydrogen-bond acceptors (Lipinski definition) is 2. The van der Waals surface area contributed by atoms with Crippen LogP contribution in [0.2, 0.25) is 0 Å². The summed E-state index contributed by atoms with van der Waals surface area (Å²) in [6.07, 6.45) is 3.65. The minimum absolute atomic E-state index is 0.833. The molecule has 0 rings (SSSR count). The van der Waals surface area contributed by atoms with Gasteiger partial charge in [0.25, 0.3) is 5.97 Å². The van der Waals surface area contributed by atoms with Crippen LogP contribution in [-0.4, -0.2) is 16.2 Å². The van der Waals surface area contributed by atoms with Crippen molar-refractivity contribution >= 4 is 5.97 Å². The Morgan fingerprint density at radius 1 is 1.67 bits per heavy atom. The summed E-state index contributed by atoms with van der Waals surface area (Å²) in [5.74, 6) is -0.833. The number of carbonyl (C=O) groups is 1. The number of allylic oxidation sites excluding steroid dienone is 1. The topological polar surface area (TPSA) is 57.5 Å². The zero-order chi connectivity index (χ0) is 7.70. The third-order valence-corrected chi connectivity index (χ3v) is 0.341. The van der Waals surface area contributed by atoms with E-state index in [9.17, 15) is 0 Å². The lowest BCUT2D eigenvalue weighted by molar-refractivity contribution is -0.134. The predicted octanol–water partition coefficient (Wildman–Crippen LogP) is 1.56. The van der Waals surface area contributed by atoms with E-state index in [0.29, 0.717) is 0 Å². The SMILES string of the molecule is CC(=O)O.CCC=CO. The van der Waals surface area contributed by atoms with Gasteiger partial charge >= 0.3 is 0 Å². The third kappa shape index (κ3) is 172. The van der Waals surface area contributed by atoms with Gasteiger partial charge in [-0.1, -0.05) is 13.0 Å². The van der Waals surface area contributed by atoms with E-state index < -0.39 is 5.97 Å². The normalized spacial score (nSPS) is 8.22. The zero-order valence-electron chi connectivity index (χ0n) is 5.66. The van der Waals surface area contributed by atoms with Crippen LogP contribution in [-0.2, 0) is 4.79 Å². The van der Waals surface area contributed by atoms with Crippen molar-refractivity contribution in [2.45, 2.75) is 20.3 Å². The Kier molecular flexibility index (Phi) is 12.2. The van der Waals surface area contributed by atoms with Crippen LogP contribution in [0.3, 0.4) is 0 Å². The maximum absolute atomic E-state index is 9.00. The smallest absolute Gasteiger partial charge is 0.300 e. The van der Waals surface area contributed by atoms with Gasteiger partial charge in [-0.25, -0.2) is 0 Å². The van der Waals surface area contributed by atoms with Gasteiger partial charge in [0.1, 0.15) is 0 Å². The largest absolute Gasteiger partial charge is 0.516 e. The molecule has 3 heteroatoms. The van der Waals surface area contributed by atoms with Crippen LogP contribution in [0.15, 0.2) is 12.3 Å². The molecule has 0 aromatic heterocycles. The minimum Gasteiger partial charge on any atom is -0.516 e. The van der Waals surface area contributed by atoms with Crippen LogP contribution >= 0.6 is 0 Å². The molecule has 0 saturated heterocycles. The highest BCUT2D eigenvalue weighted by atomic mass is 16.4. The van der Waals surface area contributed by atoms with Crippen molar-refractivity contribution in [3.8, 4) is 0 Å². The van der Waals surface area contributed by atoms with Gasteiger partial charge < -0.3 is 10.2 Å². The Morgan fingerprint density at radius 2 is 2.00 bits per heavy atom. The van der Waals surface area contributed by atoms with E-state index in [1.165, 1.54) is 0 Å². The highest BCUT2D eigenvalue weighted by Gasteiger charge is 1.65. The number of aliphatic hydroxyl groups excluding tert-OH is 1. The zero-order valence-corrected chi connectivity index (χ0v) is 5.66. The first kappa shape index (κ1) is 10.9. The van der Waals surface area contributed by atoms with E-state index in [4.69, 9.17) is 15.0 Å². The van der Waals surface area contributed by atoms with E-state index in [1.807, 2.05) is 6.92 Å². The van der Waals surface area contributed by atoms with Crippen molar-refractivity contribution in [3.05, 3.63) is 12.3 Å². The summed E-state index contributed by atoms with van der Waals surface area (Å²) in [5, 5.41) is 15.3. The van der Waals surface area contributed by atoms with Crippen LogP contribution in [0.4, 0.5) is 0 Å². The van der Waals surface area contributed by atoms with Crippen LogP contribution in [0.25, 0.3) is 0 Å². The lowest BCUT2D eigenvalue weighted by atomic mass is 10.5. The standard InChI is InChI=1S/C4H8O.C2H4O2/c1-2-3-4-5;1-2(3)4/h3-5H,2H2,1H3;1H3,(H,3,4). The van der Waals surface area contributed by atoms with Gasteiger partial charge in [-0.15, -0.1) is 0 Å². The average Bonchev–Trinajstić information content (AvgIpc) is 1.66.